The van der Waals surface area contributed by atoms with Crippen LogP contribution in [0, 0.1) is 41.4 Å². The Kier molecular flexibility index (Phi) is 2.31. The molecule has 108 valence electrons. The van der Waals surface area contributed by atoms with Gasteiger partial charge < -0.3 is 11.5 Å². The number of nitrogens with two attached hydrogens (primary N) is 2. The van der Waals surface area contributed by atoms with E-state index >= 15 is 0 Å². The molecule has 4 fully saturated rings. The smallest absolute Gasteiger partial charge is 0.275 e. The maximum Gasteiger partial charge on any atom is 0.275 e. The zero-order valence-corrected chi connectivity index (χ0v) is 11.5. The molecule has 4 aliphatic rings. The van der Waals surface area contributed by atoms with Gasteiger partial charge in [0, 0.05) is 6.92 Å². The molecule has 2 nitrogen and oxygen atoms in total. The van der Waals surface area contributed by atoms with Crippen molar-refractivity contribution in [2.75, 3.05) is 0 Å². The lowest BCUT2D eigenvalue weighted by Gasteiger charge is -2.46. The van der Waals surface area contributed by atoms with Crippen LogP contribution in [-0.4, -0.2) is 11.6 Å². The van der Waals surface area contributed by atoms with Gasteiger partial charge in [-0.2, -0.15) is 0 Å². The van der Waals surface area contributed by atoms with Gasteiger partial charge in [-0.15, -0.1) is 0 Å². The Morgan fingerprint density at radius 3 is 2.16 bits per heavy atom. The quantitative estimate of drug-likeness (QED) is 0.598. The molecule has 0 aromatic carbocycles. The lowest BCUT2D eigenvalue weighted by molar-refractivity contribution is -0.100. The highest BCUT2D eigenvalue weighted by molar-refractivity contribution is 5.15. The number of hydrogen-bond acceptors (Lipinski definition) is 2. The monoisotopic (exact) mass is 270 g/mol. The summed E-state index contributed by atoms with van der Waals surface area (Å²) >= 11 is 0. The van der Waals surface area contributed by atoms with Crippen LogP contribution in [-0.2, 0) is 0 Å². The summed E-state index contributed by atoms with van der Waals surface area (Å²) in [5.74, 6) is 0.980. The second kappa shape index (κ2) is 3.51. The Balaban J connectivity index is 1.63. The maximum absolute atomic E-state index is 13.8. The molecular formula is C15H24F2N2. The molecule has 0 saturated heterocycles. The third-order valence-corrected chi connectivity index (χ3v) is 7.11. The number of halogens is 2. The zero-order valence-electron chi connectivity index (χ0n) is 11.5. The molecule has 0 aromatic rings. The van der Waals surface area contributed by atoms with E-state index in [0.29, 0.717) is 17.8 Å². The van der Waals surface area contributed by atoms with Crippen LogP contribution in [0.3, 0.4) is 0 Å². The van der Waals surface area contributed by atoms with E-state index in [1.54, 1.807) is 0 Å². The van der Waals surface area contributed by atoms with Gasteiger partial charge in [0.15, 0.2) is 0 Å². The molecule has 19 heavy (non-hydrogen) atoms. The summed E-state index contributed by atoms with van der Waals surface area (Å²) in [7, 11) is 0. The van der Waals surface area contributed by atoms with Crippen molar-refractivity contribution in [2.45, 2.75) is 50.6 Å². The fourth-order valence-electron chi connectivity index (χ4n) is 6.44. The minimum atomic E-state index is -2.99. The summed E-state index contributed by atoms with van der Waals surface area (Å²) < 4.78 is 27.5. The van der Waals surface area contributed by atoms with E-state index < -0.39 is 11.6 Å². The standard InChI is InChI=1S/C15H24F2N2/c1-14(16,17)15(18,19)11-6-9-5-10(11)13-8-3-2-7(4-8)12(9)13/h7-13H,2-6,18-19H2,1H3. The molecule has 4 aliphatic carbocycles. The van der Waals surface area contributed by atoms with E-state index in [1.807, 2.05) is 0 Å². The second-order valence-electron chi connectivity index (χ2n) is 7.81. The van der Waals surface area contributed by atoms with Crippen molar-refractivity contribution >= 4 is 0 Å². The highest BCUT2D eigenvalue weighted by Gasteiger charge is 2.66. The second-order valence-corrected chi connectivity index (χ2v) is 7.81. The molecule has 0 radical (unpaired) electrons. The summed E-state index contributed by atoms with van der Waals surface area (Å²) in [6.07, 6.45) is 5.98. The first-order chi connectivity index (χ1) is 8.80. The van der Waals surface area contributed by atoms with Gasteiger partial charge in [0.25, 0.3) is 5.92 Å². The first kappa shape index (κ1) is 12.5. The highest BCUT2D eigenvalue weighted by Crippen LogP contribution is 2.70. The van der Waals surface area contributed by atoms with E-state index in [4.69, 9.17) is 11.5 Å². The summed E-state index contributed by atoms with van der Waals surface area (Å²) in [5, 5.41) is 0. The predicted octanol–water partition coefficient (Wildman–Crippen LogP) is 2.57. The first-order valence-electron chi connectivity index (χ1n) is 7.76. The normalized spacial score (nSPS) is 51.9. The van der Waals surface area contributed by atoms with Gasteiger partial charge in [-0.25, -0.2) is 8.78 Å². The predicted molar refractivity (Wildman–Crippen MR) is 69.2 cm³/mol. The molecule has 7 atom stereocenters. The lowest BCUT2D eigenvalue weighted by Crippen LogP contribution is -2.68. The van der Waals surface area contributed by atoms with Gasteiger partial charge in [-0.05, 0) is 73.5 Å². The highest BCUT2D eigenvalue weighted by atomic mass is 19.3. The van der Waals surface area contributed by atoms with Gasteiger partial charge in [0.1, 0.15) is 5.66 Å². The third kappa shape index (κ3) is 1.42. The number of hydrogen-bond donors (Lipinski definition) is 2. The van der Waals surface area contributed by atoms with Crippen LogP contribution in [0.15, 0.2) is 0 Å². The molecule has 4 heteroatoms. The lowest BCUT2D eigenvalue weighted by atomic mass is 9.64. The van der Waals surface area contributed by atoms with Crippen molar-refractivity contribution in [3.63, 3.8) is 0 Å². The Labute approximate surface area is 113 Å². The van der Waals surface area contributed by atoms with Crippen molar-refractivity contribution in [1.82, 2.24) is 0 Å². The largest absolute Gasteiger partial charge is 0.308 e. The molecule has 0 aliphatic heterocycles. The molecular weight excluding hydrogens is 246 g/mol. The van der Waals surface area contributed by atoms with E-state index in [0.717, 1.165) is 37.5 Å². The maximum atomic E-state index is 13.8. The molecule has 0 amide bonds. The molecule has 4 bridgehead atoms. The van der Waals surface area contributed by atoms with E-state index in [-0.39, 0.29) is 5.92 Å². The van der Waals surface area contributed by atoms with Crippen molar-refractivity contribution < 1.29 is 8.78 Å². The third-order valence-electron chi connectivity index (χ3n) is 7.11. The summed E-state index contributed by atoms with van der Waals surface area (Å²) in [4.78, 5) is 0. The van der Waals surface area contributed by atoms with Crippen LogP contribution < -0.4 is 11.5 Å². The van der Waals surface area contributed by atoms with Crippen molar-refractivity contribution in [2.24, 2.45) is 52.9 Å². The zero-order chi connectivity index (χ0) is 13.6. The first-order valence-corrected chi connectivity index (χ1v) is 7.76. The summed E-state index contributed by atoms with van der Waals surface area (Å²) in [5.41, 5.74) is 9.97. The molecule has 7 unspecified atom stereocenters. The van der Waals surface area contributed by atoms with Crippen LogP contribution in [0.4, 0.5) is 8.78 Å². The summed E-state index contributed by atoms with van der Waals surface area (Å²) in [6, 6.07) is 0. The molecule has 0 spiro atoms. The SMILES string of the molecule is CC(F)(F)C(N)(N)C1CC2CC1C1C3CCC(C3)C21. The topological polar surface area (TPSA) is 52.0 Å². The summed E-state index contributed by atoms with van der Waals surface area (Å²) in [6.45, 7) is 0.886. The Bertz CT molecular complexity index is 403. The van der Waals surface area contributed by atoms with E-state index in [9.17, 15) is 8.78 Å². The minimum absolute atomic E-state index is 0.182. The molecule has 4 rings (SSSR count). The molecule has 4 N–H and O–H groups in total. The van der Waals surface area contributed by atoms with Crippen LogP contribution in [0.5, 0.6) is 0 Å². The Morgan fingerprint density at radius 2 is 1.53 bits per heavy atom. The fourth-order valence-corrected chi connectivity index (χ4v) is 6.44. The van der Waals surface area contributed by atoms with Crippen molar-refractivity contribution in [3.05, 3.63) is 0 Å². The van der Waals surface area contributed by atoms with E-state index in [1.165, 1.54) is 19.3 Å². The van der Waals surface area contributed by atoms with E-state index in [2.05, 4.69) is 0 Å². The fraction of sp³-hybridized carbons (Fsp3) is 1.00. The van der Waals surface area contributed by atoms with Gasteiger partial charge in [-0.1, -0.05) is 0 Å². The number of rotatable bonds is 2. The van der Waals surface area contributed by atoms with Crippen LogP contribution in [0.1, 0.15) is 39.0 Å². The number of fused-ring (bicyclic) bond motifs is 9. The van der Waals surface area contributed by atoms with Gasteiger partial charge in [0.05, 0.1) is 0 Å². The minimum Gasteiger partial charge on any atom is -0.308 e. The van der Waals surface area contributed by atoms with Gasteiger partial charge >= 0.3 is 0 Å². The Morgan fingerprint density at radius 1 is 0.895 bits per heavy atom. The van der Waals surface area contributed by atoms with Crippen LogP contribution in [0.25, 0.3) is 0 Å². The van der Waals surface area contributed by atoms with Crippen LogP contribution >= 0.6 is 0 Å². The number of alkyl halides is 2. The molecule has 0 heterocycles. The van der Waals surface area contributed by atoms with Crippen LogP contribution in [0.2, 0.25) is 0 Å². The van der Waals surface area contributed by atoms with Crippen molar-refractivity contribution in [3.8, 4) is 0 Å². The average molecular weight is 270 g/mol. The van der Waals surface area contributed by atoms with Crippen molar-refractivity contribution in [1.29, 1.82) is 0 Å². The van der Waals surface area contributed by atoms with Gasteiger partial charge in [-0.3, -0.25) is 0 Å². The molecule has 4 saturated carbocycles. The average Bonchev–Trinajstić information content (AvgIpc) is 3.05. The molecule has 0 aromatic heterocycles. The van der Waals surface area contributed by atoms with Gasteiger partial charge in [0.2, 0.25) is 0 Å². The Hall–Kier alpha value is -0.220.